The average Bonchev–Trinajstić information content (AvgIpc) is 3.25. The molecule has 0 bridgehead atoms. The predicted molar refractivity (Wildman–Crippen MR) is 133 cm³/mol. The first-order valence-corrected chi connectivity index (χ1v) is 12.4. The number of amides is 1. The minimum atomic E-state index is -0.166. The number of hydrogen-bond acceptors (Lipinski definition) is 5. The van der Waals surface area contributed by atoms with Gasteiger partial charge in [0.2, 0.25) is 5.78 Å². The first kappa shape index (κ1) is 23.3. The number of rotatable bonds is 8. The third-order valence-corrected chi connectivity index (χ3v) is 6.80. The van der Waals surface area contributed by atoms with Gasteiger partial charge in [0, 0.05) is 28.9 Å². The number of nitrogens with one attached hydrogen (secondary N) is 1. The summed E-state index contributed by atoms with van der Waals surface area (Å²) < 4.78 is 3.54. The molecule has 0 spiro atoms. The lowest BCUT2D eigenvalue weighted by Crippen LogP contribution is -2.32. The van der Waals surface area contributed by atoms with Gasteiger partial charge in [0.1, 0.15) is 0 Å². The number of halogens is 1. The number of fused-ring (bicyclic) bond motifs is 3. The molecule has 0 aliphatic carbocycles. The first-order valence-electron chi connectivity index (χ1n) is 11.0. The molecule has 1 atom stereocenters. The third kappa shape index (κ3) is 4.77. The van der Waals surface area contributed by atoms with Crippen LogP contribution in [0, 0.1) is 0 Å². The fourth-order valence-corrected chi connectivity index (χ4v) is 4.60. The number of aryl methyl sites for hydroxylation is 1. The van der Waals surface area contributed by atoms with E-state index in [1.54, 1.807) is 22.8 Å². The number of carbonyl (C=O) groups excluding carboxylic acids is 1. The van der Waals surface area contributed by atoms with Gasteiger partial charge >= 0.3 is 0 Å². The van der Waals surface area contributed by atoms with Crippen LogP contribution < -0.4 is 10.9 Å². The zero-order valence-corrected chi connectivity index (χ0v) is 20.4. The van der Waals surface area contributed by atoms with E-state index in [-0.39, 0.29) is 17.5 Å². The van der Waals surface area contributed by atoms with E-state index in [0.29, 0.717) is 44.7 Å². The largest absolute Gasteiger partial charge is 0.350 e. The molecular formula is C24H26ClN5O2S. The molecule has 2 heterocycles. The summed E-state index contributed by atoms with van der Waals surface area (Å²) in [5.41, 5.74) is 2.10. The molecular weight excluding hydrogens is 458 g/mol. The Hall–Kier alpha value is -2.84. The summed E-state index contributed by atoms with van der Waals surface area (Å²) >= 11 is 7.52. The topological polar surface area (TPSA) is 81.3 Å². The van der Waals surface area contributed by atoms with Crippen LogP contribution in [0.25, 0.3) is 16.7 Å². The second-order valence-electron chi connectivity index (χ2n) is 8.00. The van der Waals surface area contributed by atoms with Gasteiger partial charge < -0.3 is 5.32 Å². The Labute approximate surface area is 201 Å². The van der Waals surface area contributed by atoms with Crippen LogP contribution in [0.2, 0.25) is 5.02 Å². The lowest BCUT2D eigenvalue weighted by atomic mass is 10.1. The fraction of sp³-hybridized carbons (Fsp3) is 0.333. The summed E-state index contributed by atoms with van der Waals surface area (Å²) in [4.78, 5) is 26.0. The predicted octanol–water partition coefficient (Wildman–Crippen LogP) is 4.93. The number of hydrogen-bond donors (Lipinski definition) is 1. The molecule has 1 amide bonds. The van der Waals surface area contributed by atoms with Gasteiger partial charge in [-0.05, 0) is 55.7 Å². The average molecular weight is 484 g/mol. The van der Waals surface area contributed by atoms with E-state index in [9.17, 15) is 9.59 Å². The van der Waals surface area contributed by atoms with Crippen molar-refractivity contribution in [3.05, 3.63) is 69.0 Å². The Balaban J connectivity index is 1.83. The van der Waals surface area contributed by atoms with Crippen molar-refractivity contribution in [3.63, 3.8) is 0 Å². The highest BCUT2D eigenvalue weighted by atomic mass is 35.5. The summed E-state index contributed by atoms with van der Waals surface area (Å²) in [7, 11) is 0. The number of nitrogens with zero attached hydrogens (tertiary/aromatic N) is 4. The number of carbonyl (C=O) groups is 1. The van der Waals surface area contributed by atoms with E-state index in [1.807, 2.05) is 49.4 Å². The normalized spacial score (nSPS) is 12.4. The Morgan fingerprint density at radius 1 is 1.15 bits per heavy atom. The lowest BCUT2D eigenvalue weighted by Gasteiger charge is -2.14. The van der Waals surface area contributed by atoms with Crippen LogP contribution in [0.1, 0.15) is 49.5 Å². The Morgan fingerprint density at radius 2 is 1.91 bits per heavy atom. The van der Waals surface area contributed by atoms with E-state index >= 15 is 0 Å². The van der Waals surface area contributed by atoms with Crippen molar-refractivity contribution in [3.8, 4) is 0 Å². The zero-order chi connectivity index (χ0) is 23.5. The maximum absolute atomic E-state index is 13.2. The summed E-state index contributed by atoms with van der Waals surface area (Å²) in [5.74, 6) is 0.980. The van der Waals surface area contributed by atoms with Crippen LogP contribution in [0.5, 0.6) is 0 Å². The standard InChI is InChI=1S/C24H26ClN5O2S/c1-4-12-29-22(32)19-11-8-17(21(31)26-15(3)5-2)13-20(19)30-23(29)27-28-24(30)33-14-16-6-9-18(25)10-7-16/h6-11,13,15H,4-5,12,14H2,1-3H3,(H,26,31). The monoisotopic (exact) mass is 483 g/mol. The molecule has 0 aliphatic rings. The molecule has 0 fully saturated rings. The number of thioether (sulfide) groups is 1. The lowest BCUT2D eigenvalue weighted by molar-refractivity contribution is 0.0939. The Kier molecular flexibility index (Phi) is 7.05. The Morgan fingerprint density at radius 3 is 2.61 bits per heavy atom. The molecule has 0 aliphatic heterocycles. The van der Waals surface area contributed by atoms with Gasteiger partial charge in [-0.15, -0.1) is 10.2 Å². The number of benzene rings is 2. The molecule has 33 heavy (non-hydrogen) atoms. The molecule has 7 nitrogen and oxygen atoms in total. The van der Waals surface area contributed by atoms with E-state index in [1.165, 1.54) is 11.8 Å². The smallest absolute Gasteiger partial charge is 0.262 e. The van der Waals surface area contributed by atoms with Gasteiger partial charge in [0.05, 0.1) is 10.9 Å². The van der Waals surface area contributed by atoms with Crippen LogP contribution in [0.15, 0.2) is 52.4 Å². The summed E-state index contributed by atoms with van der Waals surface area (Å²) in [6.45, 7) is 6.54. The van der Waals surface area contributed by atoms with E-state index in [2.05, 4.69) is 15.5 Å². The van der Waals surface area contributed by atoms with Crippen LogP contribution >= 0.6 is 23.4 Å². The van der Waals surface area contributed by atoms with Crippen LogP contribution in [0.4, 0.5) is 0 Å². The van der Waals surface area contributed by atoms with E-state index < -0.39 is 0 Å². The summed E-state index contributed by atoms with van der Waals surface area (Å²) in [6.07, 6.45) is 1.62. The highest BCUT2D eigenvalue weighted by Crippen LogP contribution is 2.26. The highest BCUT2D eigenvalue weighted by Gasteiger charge is 2.19. The molecule has 4 rings (SSSR count). The quantitative estimate of drug-likeness (QED) is 0.359. The van der Waals surface area contributed by atoms with Gasteiger partial charge in [0.25, 0.3) is 11.5 Å². The van der Waals surface area contributed by atoms with Crippen LogP contribution in [-0.2, 0) is 12.3 Å². The first-order chi connectivity index (χ1) is 15.9. The van der Waals surface area contributed by atoms with Crippen LogP contribution in [0.3, 0.4) is 0 Å². The Bertz CT molecular complexity index is 1360. The second kappa shape index (κ2) is 9.97. The molecule has 2 aromatic carbocycles. The molecule has 1 unspecified atom stereocenters. The zero-order valence-electron chi connectivity index (χ0n) is 18.8. The van der Waals surface area contributed by atoms with Crippen molar-refractivity contribution in [2.24, 2.45) is 0 Å². The number of aromatic nitrogens is 4. The van der Waals surface area contributed by atoms with E-state index in [4.69, 9.17) is 11.6 Å². The van der Waals surface area contributed by atoms with Crippen molar-refractivity contribution in [2.45, 2.75) is 57.1 Å². The third-order valence-electron chi connectivity index (χ3n) is 5.55. The van der Waals surface area contributed by atoms with Crippen molar-refractivity contribution in [2.75, 3.05) is 0 Å². The van der Waals surface area contributed by atoms with Gasteiger partial charge in [-0.2, -0.15) is 0 Å². The minimum absolute atomic E-state index is 0.0613. The van der Waals surface area contributed by atoms with Crippen molar-refractivity contribution >= 4 is 46.0 Å². The maximum Gasteiger partial charge on any atom is 0.262 e. The van der Waals surface area contributed by atoms with Crippen molar-refractivity contribution in [1.82, 2.24) is 24.5 Å². The van der Waals surface area contributed by atoms with Crippen molar-refractivity contribution < 1.29 is 4.79 Å². The molecule has 1 N–H and O–H groups in total. The van der Waals surface area contributed by atoms with Gasteiger partial charge in [0.15, 0.2) is 5.16 Å². The molecule has 0 saturated carbocycles. The van der Waals surface area contributed by atoms with E-state index in [0.717, 1.165) is 18.4 Å². The minimum Gasteiger partial charge on any atom is -0.350 e. The summed E-state index contributed by atoms with van der Waals surface area (Å²) in [6, 6.07) is 12.9. The van der Waals surface area contributed by atoms with Gasteiger partial charge in [-0.1, -0.05) is 49.3 Å². The molecule has 0 saturated heterocycles. The molecule has 0 radical (unpaired) electrons. The van der Waals surface area contributed by atoms with Gasteiger partial charge in [-0.25, -0.2) is 0 Å². The SMILES string of the molecule is CCCn1c(=O)c2ccc(C(=O)NC(C)CC)cc2n2c(SCc3ccc(Cl)cc3)nnc12. The maximum atomic E-state index is 13.2. The van der Waals surface area contributed by atoms with Gasteiger partial charge in [-0.3, -0.25) is 18.6 Å². The molecule has 9 heteroatoms. The van der Waals surface area contributed by atoms with Crippen LogP contribution in [-0.4, -0.2) is 31.1 Å². The molecule has 4 aromatic rings. The second-order valence-corrected chi connectivity index (χ2v) is 9.38. The molecule has 172 valence electrons. The molecule has 2 aromatic heterocycles. The fourth-order valence-electron chi connectivity index (χ4n) is 3.58. The highest BCUT2D eigenvalue weighted by molar-refractivity contribution is 7.98. The summed E-state index contributed by atoms with van der Waals surface area (Å²) in [5, 5.41) is 13.6. The van der Waals surface area contributed by atoms with Crippen molar-refractivity contribution in [1.29, 1.82) is 0 Å².